The van der Waals surface area contributed by atoms with Crippen molar-refractivity contribution in [2.24, 2.45) is 11.1 Å². The molecule has 0 saturated heterocycles. The first-order chi connectivity index (χ1) is 6.63. The van der Waals surface area contributed by atoms with Crippen LogP contribution in [0.3, 0.4) is 0 Å². The van der Waals surface area contributed by atoms with E-state index in [1.807, 2.05) is 27.7 Å². The highest BCUT2D eigenvalue weighted by atomic mass is 16.5. The second-order valence-electron chi connectivity index (χ2n) is 5.15. The van der Waals surface area contributed by atoms with E-state index >= 15 is 0 Å². The first-order valence-corrected chi connectivity index (χ1v) is 5.15. The summed E-state index contributed by atoms with van der Waals surface area (Å²) in [6, 6.07) is -0.178. The van der Waals surface area contributed by atoms with Gasteiger partial charge in [-0.3, -0.25) is 4.79 Å². The van der Waals surface area contributed by atoms with Crippen molar-refractivity contribution >= 4 is 5.97 Å². The summed E-state index contributed by atoms with van der Waals surface area (Å²) in [4.78, 5) is 10.8. The molecule has 0 aromatic heterocycles. The Morgan fingerprint density at radius 1 is 1.47 bits per heavy atom. The topological polar surface area (TPSA) is 72.5 Å². The molecular formula is C11H23NO3. The van der Waals surface area contributed by atoms with Crippen LogP contribution in [0.5, 0.6) is 0 Å². The average molecular weight is 217 g/mol. The zero-order valence-corrected chi connectivity index (χ0v) is 10.3. The Balaban J connectivity index is 4.73. The number of hydrogen-bond donors (Lipinski definition) is 2. The molecule has 0 radical (unpaired) electrons. The first-order valence-electron chi connectivity index (χ1n) is 5.15. The summed E-state index contributed by atoms with van der Waals surface area (Å²) in [6.45, 7) is 7.62. The molecule has 4 nitrogen and oxygen atoms in total. The van der Waals surface area contributed by atoms with Crippen molar-refractivity contribution in [1.82, 2.24) is 0 Å². The summed E-state index contributed by atoms with van der Waals surface area (Å²) in [5.41, 5.74) is 5.07. The molecule has 0 saturated carbocycles. The summed E-state index contributed by atoms with van der Waals surface area (Å²) in [6.07, 6.45) is 0.692. The van der Waals surface area contributed by atoms with Gasteiger partial charge in [0.25, 0.3) is 0 Å². The third-order valence-electron chi connectivity index (χ3n) is 3.04. The molecule has 0 rings (SSSR count). The third kappa shape index (κ3) is 4.62. The molecule has 2 atom stereocenters. The molecule has 0 amide bonds. The van der Waals surface area contributed by atoms with Crippen LogP contribution in [0.4, 0.5) is 0 Å². The maximum atomic E-state index is 10.8. The number of methoxy groups -OCH3 is 1. The molecule has 0 aliphatic rings. The van der Waals surface area contributed by atoms with Gasteiger partial charge < -0.3 is 15.6 Å². The third-order valence-corrected chi connectivity index (χ3v) is 3.04. The molecule has 0 spiro atoms. The van der Waals surface area contributed by atoms with Gasteiger partial charge in [0.15, 0.2) is 0 Å². The highest BCUT2D eigenvalue weighted by molar-refractivity contribution is 5.67. The van der Waals surface area contributed by atoms with Crippen molar-refractivity contribution in [2.45, 2.75) is 52.2 Å². The lowest BCUT2D eigenvalue weighted by molar-refractivity contribution is -0.141. The second-order valence-corrected chi connectivity index (χ2v) is 5.15. The fourth-order valence-electron chi connectivity index (χ4n) is 1.77. The number of hydrogen-bond acceptors (Lipinski definition) is 3. The highest BCUT2D eigenvalue weighted by Gasteiger charge is 2.37. The molecule has 0 aliphatic heterocycles. The maximum absolute atomic E-state index is 10.8. The number of nitrogens with two attached hydrogens (primary N) is 1. The van der Waals surface area contributed by atoms with E-state index in [1.54, 1.807) is 7.11 Å². The van der Waals surface area contributed by atoms with Gasteiger partial charge in [0.05, 0.1) is 12.0 Å². The summed E-state index contributed by atoms with van der Waals surface area (Å²) in [5, 5.41) is 8.87. The minimum atomic E-state index is -0.818. The molecule has 4 heteroatoms. The number of ether oxygens (including phenoxy) is 1. The number of rotatable bonds is 6. The molecule has 0 aliphatic carbocycles. The Hall–Kier alpha value is -0.610. The zero-order valence-electron chi connectivity index (χ0n) is 10.3. The predicted octanol–water partition coefficient (Wildman–Crippen LogP) is 1.63. The molecule has 2 unspecified atom stereocenters. The van der Waals surface area contributed by atoms with E-state index in [0.717, 1.165) is 0 Å². The molecular weight excluding hydrogens is 194 g/mol. The molecule has 0 bridgehead atoms. The fraction of sp³-hybridized carbons (Fsp3) is 0.909. The van der Waals surface area contributed by atoms with Gasteiger partial charge in [-0.15, -0.1) is 0 Å². The lowest BCUT2D eigenvalue weighted by Crippen LogP contribution is -2.44. The number of carboxylic acid groups (broad SMARTS) is 1. The molecule has 90 valence electrons. The fourth-order valence-corrected chi connectivity index (χ4v) is 1.77. The molecule has 0 aromatic carbocycles. The quantitative estimate of drug-likeness (QED) is 0.709. The van der Waals surface area contributed by atoms with Gasteiger partial charge >= 0.3 is 5.97 Å². The summed E-state index contributed by atoms with van der Waals surface area (Å²) in [7, 11) is 1.63. The smallest absolute Gasteiger partial charge is 0.303 e. The van der Waals surface area contributed by atoms with Crippen LogP contribution >= 0.6 is 0 Å². The molecule has 15 heavy (non-hydrogen) atoms. The van der Waals surface area contributed by atoms with Crippen LogP contribution in [0.25, 0.3) is 0 Å². The van der Waals surface area contributed by atoms with E-state index in [9.17, 15) is 4.79 Å². The molecule has 0 fully saturated rings. The Morgan fingerprint density at radius 2 is 1.93 bits per heavy atom. The van der Waals surface area contributed by atoms with Crippen LogP contribution < -0.4 is 5.73 Å². The van der Waals surface area contributed by atoms with Crippen LogP contribution in [0.15, 0.2) is 0 Å². The predicted molar refractivity (Wildman–Crippen MR) is 59.7 cm³/mol. The summed E-state index contributed by atoms with van der Waals surface area (Å²) in [5.74, 6) is -0.818. The van der Waals surface area contributed by atoms with E-state index in [-0.39, 0.29) is 18.1 Å². The summed E-state index contributed by atoms with van der Waals surface area (Å²) >= 11 is 0. The van der Waals surface area contributed by atoms with Crippen molar-refractivity contribution in [2.75, 3.05) is 7.11 Å². The number of aliphatic carboxylic acids is 1. The molecule has 0 aromatic rings. The van der Waals surface area contributed by atoms with Crippen LogP contribution in [-0.2, 0) is 9.53 Å². The first kappa shape index (κ1) is 14.4. The van der Waals surface area contributed by atoms with E-state index in [4.69, 9.17) is 15.6 Å². The van der Waals surface area contributed by atoms with Gasteiger partial charge in [-0.1, -0.05) is 6.92 Å². The normalized spacial score (nSPS) is 18.3. The van der Waals surface area contributed by atoms with Crippen molar-refractivity contribution in [3.8, 4) is 0 Å². The van der Waals surface area contributed by atoms with Gasteiger partial charge in [-0.05, 0) is 32.6 Å². The van der Waals surface area contributed by atoms with Crippen molar-refractivity contribution < 1.29 is 14.6 Å². The minimum absolute atomic E-state index is 0.0669. The average Bonchev–Trinajstić information content (AvgIpc) is 2.01. The van der Waals surface area contributed by atoms with Gasteiger partial charge in [-0.2, -0.15) is 0 Å². The molecule has 0 heterocycles. The Kier molecular flexibility index (Phi) is 4.74. The van der Waals surface area contributed by atoms with E-state index in [2.05, 4.69) is 0 Å². The maximum Gasteiger partial charge on any atom is 0.303 e. The van der Waals surface area contributed by atoms with Gasteiger partial charge in [0, 0.05) is 13.2 Å². The molecule has 3 N–H and O–H groups in total. The minimum Gasteiger partial charge on any atom is -0.481 e. The monoisotopic (exact) mass is 217 g/mol. The standard InChI is InChI=1S/C11H23NO3/c1-8(12)11(4,6-9(13)14)7-10(2,3)15-5/h8H,6-7,12H2,1-5H3,(H,13,14). The number of carboxylic acids is 1. The largest absolute Gasteiger partial charge is 0.481 e. The van der Waals surface area contributed by atoms with Crippen LogP contribution in [-0.4, -0.2) is 29.8 Å². The Morgan fingerprint density at radius 3 is 2.20 bits per heavy atom. The SMILES string of the molecule is COC(C)(C)CC(C)(CC(=O)O)C(C)N. The van der Waals surface area contributed by atoms with E-state index in [0.29, 0.717) is 6.42 Å². The zero-order chi connectivity index (χ0) is 12.3. The van der Waals surface area contributed by atoms with Gasteiger partial charge in [-0.25, -0.2) is 0 Å². The Labute approximate surface area is 91.8 Å². The summed E-state index contributed by atoms with van der Waals surface area (Å²) < 4.78 is 5.32. The van der Waals surface area contributed by atoms with E-state index in [1.165, 1.54) is 0 Å². The van der Waals surface area contributed by atoms with Crippen molar-refractivity contribution in [1.29, 1.82) is 0 Å². The van der Waals surface area contributed by atoms with Crippen molar-refractivity contribution in [3.05, 3.63) is 0 Å². The van der Waals surface area contributed by atoms with E-state index < -0.39 is 11.4 Å². The lowest BCUT2D eigenvalue weighted by atomic mass is 9.73. The van der Waals surface area contributed by atoms with Crippen LogP contribution in [0.2, 0.25) is 0 Å². The second kappa shape index (κ2) is 4.94. The number of carbonyl (C=O) groups is 1. The van der Waals surface area contributed by atoms with Crippen LogP contribution in [0.1, 0.15) is 40.5 Å². The van der Waals surface area contributed by atoms with Crippen LogP contribution in [0, 0.1) is 5.41 Å². The Bertz CT molecular complexity index is 226. The highest BCUT2D eigenvalue weighted by Crippen LogP contribution is 2.35. The van der Waals surface area contributed by atoms with Gasteiger partial charge in [0.1, 0.15) is 0 Å². The van der Waals surface area contributed by atoms with Crippen molar-refractivity contribution in [3.63, 3.8) is 0 Å². The lowest BCUT2D eigenvalue weighted by Gasteiger charge is -2.38. The van der Waals surface area contributed by atoms with Gasteiger partial charge in [0.2, 0.25) is 0 Å².